The van der Waals surface area contributed by atoms with Gasteiger partial charge >= 0.3 is 0 Å². The Morgan fingerprint density at radius 3 is 1.79 bits per heavy atom. The summed E-state index contributed by atoms with van der Waals surface area (Å²) in [6.45, 7) is 5.50. The van der Waals surface area contributed by atoms with Crippen molar-refractivity contribution >= 4 is 18.1 Å². The van der Waals surface area contributed by atoms with Gasteiger partial charge < -0.3 is 15.1 Å². The molecule has 13 nitrogen and oxygen atoms in total. The number of anilines is 1. The first-order valence-corrected chi connectivity index (χ1v) is 14.1. The second kappa shape index (κ2) is 12.2. The molecule has 0 spiro atoms. The van der Waals surface area contributed by atoms with Crippen LogP contribution in [0, 0.1) is 13.8 Å². The Bertz CT molecular complexity index is 1690. The number of aryl methyl sites for hydroxylation is 2. The fraction of sp³-hybridized carbons (Fsp3) is 0.267. The standard InChI is InChI=1S/C30H31N11O2/c1-20-33-35-37-40(20)31-18-22-9-11-28(42)26(15-22)30(24-7-6-8-25(17-24)39-13-4-3-5-14-39)27-16-23(10-12-29(27)43)19-32-41-21(2)34-36-38-41/h6-12,15-19,30,42-43H,3-5,13-14H2,1-2H3/b31-18-,32-19-. The third-order valence-corrected chi connectivity index (χ3v) is 7.49. The zero-order valence-electron chi connectivity index (χ0n) is 23.9. The Morgan fingerprint density at radius 1 is 0.721 bits per heavy atom. The lowest BCUT2D eigenvalue weighted by molar-refractivity contribution is 0.458. The molecule has 43 heavy (non-hydrogen) atoms. The fourth-order valence-corrected chi connectivity index (χ4v) is 5.26. The first-order chi connectivity index (χ1) is 21.0. The number of phenolic OH excluding ortho intramolecular Hbond substituents is 2. The first-order valence-electron chi connectivity index (χ1n) is 14.1. The monoisotopic (exact) mass is 577 g/mol. The van der Waals surface area contributed by atoms with Crippen LogP contribution in [0.4, 0.5) is 5.69 Å². The highest BCUT2D eigenvalue weighted by Crippen LogP contribution is 2.42. The molecule has 1 fully saturated rings. The van der Waals surface area contributed by atoms with E-state index in [9.17, 15) is 10.2 Å². The molecule has 6 rings (SSSR count). The minimum atomic E-state index is -0.518. The highest BCUT2D eigenvalue weighted by molar-refractivity contribution is 5.82. The van der Waals surface area contributed by atoms with Gasteiger partial charge in [0, 0.05) is 35.8 Å². The number of piperidine rings is 1. The van der Waals surface area contributed by atoms with E-state index in [0.717, 1.165) is 48.3 Å². The van der Waals surface area contributed by atoms with Crippen LogP contribution in [0.5, 0.6) is 11.5 Å². The first kappa shape index (κ1) is 27.7. The highest BCUT2D eigenvalue weighted by atomic mass is 16.3. The molecule has 13 heteroatoms. The van der Waals surface area contributed by atoms with Crippen molar-refractivity contribution in [1.82, 2.24) is 40.6 Å². The molecule has 1 aliphatic rings. The number of tetrazole rings is 2. The summed E-state index contributed by atoms with van der Waals surface area (Å²) in [6.07, 6.45) is 6.80. The normalized spacial score (nSPS) is 14.0. The highest BCUT2D eigenvalue weighted by Gasteiger charge is 2.25. The van der Waals surface area contributed by atoms with Crippen molar-refractivity contribution in [3.8, 4) is 11.5 Å². The van der Waals surface area contributed by atoms with Crippen molar-refractivity contribution in [2.24, 2.45) is 10.2 Å². The molecule has 1 saturated heterocycles. The van der Waals surface area contributed by atoms with E-state index in [2.05, 4.69) is 58.3 Å². The van der Waals surface area contributed by atoms with Crippen molar-refractivity contribution in [1.29, 1.82) is 0 Å². The summed E-state index contributed by atoms with van der Waals surface area (Å²) in [5.41, 5.74) is 4.70. The molecule has 0 unspecified atom stereocenters. The minimum Gasteiger partial charge on any atom is -0.508 e. The summed E-state index contributed by atoms with van der Waals surface area (Å²) >= 11 is 0. The van der Waals surface area contributed by atoms with Crippen molar-refractivity contribution in [3.05, 3.63) is 100 Å². The minimum absolute atomic E-state index is 0.0897. The van der Waals surface area contributed by atoms with E-state index in [-0.39, 0.29) is 11.5 Å². The van der Waals surface area contributed by atoms with E-state index in [1.165, 1.54) is 16.0 Å². The maximum absolute atomic E-state index is 11.2. The third-order valence-electron chi connectivity index (χ3n) is 7.49. The number of rotatable bonds is 8. The zero-order valence-corrected chi connectivity index (χ0v) is 23.9. The molecule has 0 atom stereocenters. The number of hydrogen-bond donors (Lipinski definition) is 2. The van der Waals surface area contributed by atoms with E-state index >= 15 is 0 Å². The predicted octanol–water partition coefficient (Wildman–Crippen LogP) is 3.62. The average Bonchev–Trinajstić information content (AvgIpc) is 3.65. The molecule has 5 aromatic rings. The van der Waals surface area contributed by atoms with Crippen LogP contribution in [0.1, 0.15) is 64.6 Å². The van der Waals surface area contributed by atoms with Gasteiger partial charge in [0.2, 0.25) is 0 Å². The largest absolute Gasteiger partial charge is 0.508 e. The molecule has 1 aliphatic heterocycles. The number of nitrogens with zero attached hydrogens (tertiary/aromatic N) is 11. The Labute approximate surface area is 247 Å². The molecule has 2 aromatic heterocycles. The lowest BCUT2D eigenvalue weighted by atomic mass is 9.82. The smallest absolute Gasteiger partial charge is 0.173 e. The maximum atomic E-state index is 11.2. The molecule has 0 radical (unpaired) electrons. The van der Waals surface area contributed by atoms with Crippen LogP contribution >= 0.6 is 0 Å². The number of phenols is 2. The SMILES string of the molecule is Cc1nnnn1/N=C\c1ccc(O)c(C(c2cccc(N3CCCCC3)c2)c2cc(/C=N\n3nnnc3C)ccc2O)c1. The average molecular weight is 578 g/mol. The summed E-state index contributed by atoms with van der Waals surface area (Å²) in [7, 11) is 0. The van der Waals surface area contributed by atoms with E-state index in [0.29, 0.717) is 22.8 Å². The number of hydrogen-bond acceptors (Lipinski definition) is 11. The maximum Gasteiger partial charge on any atom is 0.173 e. The number of aromatic hydroxyl groups is 2. The van der Waals surface area contributed by atoms with Gasteiger partial charge in [0.25, 0.3) is 0 Å². The molecule has 3 heterocycles. The summed E-state index contributed by atoms with van der Waals surface area (Å²) in [5.74, 6) is 0.751. The molecular weight excluding hydrogens is 546 g/mol. The molecule has 2 N–H and O–H groups in total. The Balaban J connectivity index is 1.46. The van der Waals surface area contributed by atoms with Gasteiger partial charge in [-0.3, -0.25) is 0 Å². The number of aromatic nitrogens is 8. The van der Waals surface area contributed by atoms with Gasteiger partial charge in [-0.15, -0.1) is 19.8 Å². The van der Waals surface area contributed by atoms with Crippen LogP contribution in [0.3, 0.4) is 0 Å². The topological polar surface area (TPSA) is 156 Å². The fourth-order valence-electron chi connectivity index (χ4n) is 5.26. The summed E-state index contributed by atoms with van der Waals surface area (Å²) in [6, 6.07) is 18.8. The molecule has 3 aromatic carbocycles. The van der Waals surface area contributed by atoms with Gasteiger partial charge in [0.05, 0.1) is 12.4 Å². The summed E-state index contributed by atoms with van der Waals surface area (Å²) in [4.78, 5) is 5.04. The summed E-state index contributed by atoms with van der Waals surface area (Å²) < 4.78 is 0. The third kappa shape index (κ3) is 6.10. The van der Waals surface area contributed by atoms with Crippen LogP contribution in [0.2, 0.25) is 0 Å². The van der Waals surface area contributed by atoms with Crippen molar-refractivity contribution in [2.45, 2.75) is 39.0 Å². The molecule has 0 saturated carbocycles. The van der Waals surface area contributed by atoms with Gasteiger partial charge in [-0.1, -0.05) is 12.1 Å². The molecule has 0 bridgehead atoms. The van der Waals surface area contributed by atoms with Crippen molar-refractivity contribution in [2.75, 3.05) is 18.0 Å². The Morgan fingerprint density at radius 2 is 1.28 bits per heavy atom. The molecule has 0 amide bonds. The van der Waals surface area contributed by atoms with Gasteiger partial charge in [0.1, 0.15) is 11.5 Å². The lowest BCUT2D eigenvalue weighted by Crippen LogP contribution is -2.29. The van der Waals surface area contributed by atoms with Crippen LogP contribution in [0.15, 0.2) is 70.9 Å². The van der Waals surface area contributed by atoms with Crippen molar-refractivity contribution < 1.29 is 10.2 Å². The van der Waals surface area contributed by atoms with Gasteiger partial charge in [0.15, 0.2) is 11.6 Å². The van der Waals surface area contributed by atoms with Crippen molar-refractivity contribution in [3.63, 3.8) is 0 Å². The summed E-state index contributed by atoms with van der Waals surface area (Å²) in [5, 5.41) is 53.9. The zero-order chi connectivity index (χ0) is 29.8. The second-order valence-electron chi connectivity index (χ2n) is 10.4. The predicted molar refractivity (Wildman–Crippen MR) is 161 cm³/mol. The van der Waals surface area contributed by atoms with E-state index in [1.54, 1.807) is 50.5 Å². The van der Waals surface area contributed by atoms with Gasteiger partial charge in [-0.25, -0.2) is 0 Å². The van der Waals surface area contributed by atoms with Crippen LogP contribution in [0.25, 0.3) is 0 Å². The molecule has 0 aliphatic carbocycles. The Hall–Kier alpha value is -5.46. The van der Waals surface area contributed by atoms with E-state index < -0.39 is 5.92 Å². The second-order valence-corrected chi connectivity index (χ2v) is 10.4. The van der Waals surface area contributed by atoms with Crippen LogP contribution < -0.4 is 4.90 Å². The van der Waals surface area contributed by atoms with E-state index in [4.69, 9.17) is 0 Å². The lowest BCUT2D eigenvalue weighted by Gasteiger charge is -2.30. The quantitative estimate of drug-likeness (QED) is 0.208. The van der Waals surface area contributed by atoms with Crippen LogP contribution in [-0.4, -0.2) is 76.4 Å². The van der Waals surface area contributed by atoms with E-state index in [1.807, 2.05) is 24.3 Å². The molecular formula is C30H31N11O2. The number of benzene rings is 3. The Kier molecular flexibility index (Phi) is 7.85. The van der Waals surface area contributed by atoms with Gasteiger partial charge in [-0.05, 0) is 119 Å². The van der Waals surface area contributed by atoms with Crippen LogP contribution in [-0.2, 0) is 0 Å². The molecule has 218 valence electrons. The van der Waals surface area contributed by atoms with Gasteiger partial charge in [-0.2, -0.15) is 10.2 Å².